The number of rotatable bonds is 3. The standard InChI is InChI=1S/C11H8BrFO2/c1-7(14)2-5-11(15)9-4-3-8(13)6-10(9)12/h2-6H,1H3/b5-2+. The van der Waals surface area contributed by atoms with Crippen LogP contribution in [0.4, 0.5) is 4.39 Å². The molecule has 0 bridgehead atoms. The second kappa shape index (κ2) is 4.98. The van der Waals surface area contributed by atoms with E-state index >= 15 is 0 Å². The SMILES string of the molecule is CC(=O)/C=C/C(=O)c1ccc(F)cc1Br. The molecule has 0 aliphatic rings. The van der Waals surface area contributed by atoms with Gasteiger partial charge in [-0.3, -0.25) is 9.59 Å². The molecule has 1 rings (SSSR count). The van der Waals surface area contributed by atoms with E-state index in [1.54, 1.807) is 0 Å². The molecule has 0 saturated heterocycles. The Labute approximate surface area is 94.9 Å². The lowest BCUT2D eigenvalue weighted by molar-refractivity contribution is -0.112. The Morgan fingerprint density at radius 2 is 2.00 bits per heavy atom. The molecule has 0 radical (unpaired) electrons. The number of ketones is 2. The first-order chi connectivity index (χ1) is 7.00. The molecule has 0 atom stereocenters. The van der Waals surface area contributed by atoms with Gasteiger partial charge in [0.1, 0.15) is 5.82 Å². The second-order valence-electron chi connectivity index (χ2n) is 2.93. The van der Waals surface area contributed by atoms with E-state index in [-0.39, 0.29) is 11.6 Å². The topological polar surface area (TPSA) is 34.1 Å². The van der Waals surface area contributed by atoms with Gasteiger partial charge in [-0.1, -0.05) is 0 Å². The van der Waals surface area contributed by atoms with Gasteiger partial charge >= 0.3 is 0 Å². The van der Waals surface area contributed by atoms with E-state index in [1.165, 1.54) is 37.3 Å². The summed E-state index contributed by atoms with van der Waals surface area (Å²) in [6, 6.07) is 3.76. The lowest BCUT2D eigenvalue weighted by atomic mass is 10.1. The quantitative estimate of drug-likeness (QED) is 0.625. The molecule has 4 heteroatoms. The monoisotopic (exact) mass is 270 g/mol. The predicted octanol–water partition coefficient (Wildman–Crippen LogP) is 2.92. The summed E-state index contributed by atoms with van der Waals surface area (Å²) in [7, 11) is 0. The molecule has 0 fully saturated rings. The molecule has 2 nitrogen and oxygen atoms in total. The first-order valence-electron chi connectivity index (χ1n) is 4.18. The normalized spacial score (nSPS) is 10.6. The number of benzene rings is 1. The summed E-state index contributed by atoms with van der Waals surface area (Å²) in [6.45, 7) is 1.35. The lowest BCUT2D eigenvalue weighted by Gasteiger charge is -1.99. The molecular weight excluding hydrogens is 263 g/mol. The van der Waals surface area contributed by atoms with Gasteiger partial charge in [0.25, 0.3) is 0 Å². The molecule has 0 unspecified atom stereocenters. The molecule has 1 aromatic carbocycles. The average Bonchev–Trinajstić information content (AvgIpc) is 2.14. The molecule has 0 aliphatic carbocycles. The van der Waals surface area contributed by atoms with Crippen molar-refractivity contribution < 1.29 is 14.0 Å². The second-order valence-corrected chi connectivity index (χ2v) is 3.79. The van der Waals surface area contributed by atoms with Crippen molar-refractivity contribution in [2.24, 2.45) is 0 Å². The number of hydrogen-bond acceptors (Lipinski definition) is 2. The molecule has 0 aliphatic heterocycles. The minimum Gasteiger partial charge on any atom is -0.295 e. The molecule has 1 aromatic rings. The Balaban J connectivity index is 2.97. The van der Waals surface area contributed by atoms with Crippen LogP contribution >= 0.6 is 15.9 Å². The third-order valence-corrected chi connectivity index (χ3v) is 2.32. The third-order valence-electron chi connectivity index (χ3n) is 1.67. The lowest BCUT2D eigenvalue weighted by Crippen LogP contribution is -1.97. The third kappa shape index (κ3) is 3.40. The summed E-state index contributed by atoms with van der Waals surface area (Å²) in [5, 5.41) is 0. The van der Waals surface area contributed by atoms with Crippen LogP contribution in [0.15, 0.2) is 34.8 Å². The molecule has 0 spiro atoms. The zero-order valence-electron chi connectivity index (χ0n) is 7.96. The van der Waals surface area contributed by atoms with E-state index in [2.05, 4.69) is 15.9 Å². The van der Waals surface area contributed by atoms with Gasteiger partial charge in [-0.15, -0.1) is 0 Å². The highest BCUT2D eigenvalue weighted by Crippen LogP contribution is 2.18. The largest absolute Gasteiger partial charge is 0.295 e. The van der Waals surface area contributed by atoms with E-state index < -0.39 is 5.82 Å². The summed E-state index contributed by atoms with van der Waals surface area (Å²) in [5.41, 5.74) is 0.328. The summed E-state index contributed by atoms with van der Waals surface area (Å²) in [4.78, 5) is 22.1. The molecule has 0 amide bonds. The van der Waals surface area contributed by atoms with Crippen LogP contribution in [0.25, 0.3) is 0 Å². The maximum Gasteiger partial charge on any atom is 0.187 e. The van der Waals surface area contributed by atoms with Crippen LogP contribution in [0.3, 0.4) is 0 Å². The summed E-state index contributed by atoms with van der Waals surface area (Å²) < 4.78 is 13.1. The van der Waals surface area contributed by atoms with Crippen molar-refractivity contribution in [2.75, 3.05) is 0 Å². The van der Waals surface area contributed by atoms with Crippen LogP contribution in [0.5, 0.6) is 0 Å². The maximum atomic E-state index is 12.7. The van der Waals surface area contributed by atoms with E-state index in [0.717, 1.165) is 0 Å². The number of carbonyl (C=O) groups is 2. The Bertz CT molecular complexity index is 438. The van der Waals surface area contributed by atoms with Gasteiger partial charge < -0.3 is 0 Å². The molecule has 0 saturated carbocycles. The number of halogens is 2. The van der Waals surface area contributed by atoms with E-state index in [4.69, 9.17) is 0 Å². The van der Waals surface area contributed by atoms with Crippen molar-refractivity contribution in [3.05, 3.63) is 46.2 Å². The fraction of sp³-hybridized carbons (Fsp3) is 0.0909. The average molecular weight is 271 g/mol. The van der Waals surface area contributed by atoms with E-state index in [9.17, 15) is 14.0 Å². The van der Waals surface area contributed by atoms with Gasteiger partial charge in [0, 0.05) is 10.0 Å². The van der Waals surface area contributed by atoms with Gasteiger partial charge in [-0.2, -0.15) is 0 Å². The van der Waals surface area contributed by atoms with Crippen molar-refractivity contribution in [2.45, 2.75) is 6.92 Å². The van der Waals surface area contributed by atoms with Crippen LogP contribution in [-0.2, 0) is 4.79 Å². The minimum atomic E-state index is -0.422. The molecule has 0 aromatic heterocycles. The fourth-order valence-electron chi connectivity index (χ4n) is 0.972. The Kier molecular flexibility index (Phi) is 3.91. The first kappa shape index (κ1) is 11.8. The van der Waals surface area contributed by atoms with Gasteiger partial charge in [0.2, 0.25) is 0 Å². The number of allylic oxidation sites excluding steroid dienone is 2. The molecule has 15 heavy (non-hydrogen) atoms. The van der Waals surface area contributed by atoms with Gasteiger partial charge in [-0.05, 0) is 53.2 Å². The van der Waals surface area contributed by atoms with Crippen LogP contribution < -0.4 is 0 Å². The van der Waals surface area contributed by atoms with Crippen molar-refractivity contribution >= 4 is 27.5 Å². The number of hydrogen-bond donors (Lipinski definition) is 0. The molecule has 0 heterocycles. The maximum absolute atomic E-state index is 12.7. The summed E-state index contributed by atoms with van der Waals surface area (Å²) in [6.07, 6.45) is 2.35. The smallest absolute Gasteiger partial charge is 0.187 e. The zero-order chi connectivity index (χ0) is 11.4. The fourth-order valence-corrected chi connectivity index (χ4v) is 1.52. The van der Waals surface area contributed by atoms with Crippen LogP contribution in [0.2, 0.25) is 0 Å². The minimum absolute atomic E-state index is 0.207. The van der Waals surface area contributed by atoms with Crippen LogP contribution in [-0.4, -0.2) is 11.6 Å². The molecule has 78 valence electrons. The van der Waals surface area contributed by atoms with Crippen molar-refractivity contribution in [1.29, 1.82) is 0 Å². The van der Waals surface area contributed by atoms with Crippen molar-refractivity contribution in [1.82, 2.24) is 0 Å². The first-order valence-corrected chi connectivity index (χ1v) is 4.98. The Hall–Kier alpha value is -1.29. The highest BCUT2D eigenvalue weighted by atomic mass is 79.9. The van der Waals surface area contributed by atoms with Gasteiger partial charge in [0.05, 0.1) is 0 Å². The summed E-state index contributed by atoms with van der Waals surface area (Å²) in [5.74, 6) is -0.965. The van der Waals surface area contributed by atoms with Crippen LogP contribution in [0, 0.1) is 5.82 Å². The van der Waals surface area contributed by atoms with Gasteiger partial charge in [-0.25, -0.2) is 4.39 Å². The molecular formula is C11H8BrFO2. The molecule has 0 N–H and O–H groups in total. The highest BCUT2D eigenvalue weighted by molar-refractivity contribution is 9.10. The van der Waals surface area contributed by atoms with Crippen molar-refractivity contribution in [3.8, 4) is 0 Å². The van der Waals surface area contributed by atoms with E-state index in [0.29, 0.717) is 10.0 Å². The highest BCUT2D eigenvalue weighted by Gasteiger charge is 2.07. The van der Waals surface area contributed by atoms with Crippen molar-refractivity contribution in [3.63, 3.8) is 0 Å². The van der Waals surface area contributed by atoms with E-state index in [1.807, 2.05) is 0 Å². The predicted molar refractivity (Wildman–Crippen MR) is 58.3 cm³/mol. The Morgan fingerprint density at radius 1 is 1.33 bits per heavy atom. The van der Waals surface area contributed by atoms with Gasteiger partial charge in [0.15, 0.2) is 11.6 Å². The zero-order valence-corrected chi connectivity index (χ0v) is 9.55. The summed E-state index contributed by atoms with van der Waals surface area (Å²) >= 11 is 3.08. The Morgan fingerprint density at radius 3 is 2.53 bits per heavy atom. The number of carbonyl (C=O) groups excluding carboxylic acids is 2. The van der Waals surface area contributed by atoms with Crippen LogP contribution in [0.1, 0.15) is 17.3 Å².